The Morgan fingerprint density at radius 1 is 0.958 bits per heavy atom. The Balaban J connectivity index is 1.76. The molecule has 3 aromatic rings. The Morgan fingerprint density at radius 3 is 2.46 bits per heavy atom. The summed E-state index contributed by atoms with van der Waals surface area (Å²) in [7, 11) is 0. The monoisotopic (exact) mass is 319 g/mol. The van der Waals surface area contributed by atoms with Crippen molar-refractivity contribution in [3.63, 3.8) is 0 Å². The molecule has 4 nitrogen and oxygen atoms in total. The van der Waals surface area contributed by atoms with E-state index in [1.54, 1.807) is 30.3 Å². The van der Waals surface area contributed by atoms with Crippen LogP contribution in [0, 0.1) is 0 Å². The average Bonchev–Trinajstić information content (AvgIpc) is 3.15. The zero-order valence-electron chi connectivity index (χ0n) is 13.2. The Hall–Kier alpha value is -2.88. The largest absolute Gasteiger partial charge is 0.422 e. The molecule has 2 aromatic carbocycles. The molecule has 0 spiro atoms. The van der Waals surface area contributed by atoms with E-state index in [4.69, 9.17) is 4.42 Å². The van der Waals surface area contributed by atoms with Gasteiger partial charge in [-0.3, -0.25) is 4.79 Å². The molecule has 4 rings (SSSR count). The first-order valence-electron chi connectivity index (χ1n) is 8.15. The second-order valence-electron chi connectivity index (χ2n) is 6.06. The van der Waals surface area contributed by atoms with Gasteiger partial charge in [-0.2, -0.15) is 0 Å². The van der Waals surface area contributed by atoms with E-state index < -0.39 is 5.63 Å². The van der Waals surface area contributed by atoms with Crippen molar-refractivity contribution in [1.82, 2.24) is 0 Å². The molecule has 0 saturated carbocycles. The van der Waals surface area contributed by atoms with Crippen LogP contribution in [-0.4, -0.2) is 18.9 Å². The molecule has 0 bridgehead atoms. The topological polar surface area (TPSA) is 50.5 Å². The van der Waals surface area contributed by atoms with Crippen molar-refractivity contribution >= 4 is 22.4 Å². The SMILES string of the molecule is O=C(c1ccccc1)c1cc2ccc(N3CCCC3)cc2oc1=O. The minimum absolute atomic E-state index is 0.0719. The van der Waals surface area contributed by atoms with Crippen LogP contribution < -0.4 is 10.5 Å². The third-order valence-electron chi connectivity index (χ3n) is 4.47. The van der Waals surface area contributed by atoms with Crippen molar-refractivity contribution in [2.24, 2.45) is 0 Å². The summed E-state index contributed by atoms with van der Waals surface area (Å²) in [5.41, 5.74) is 1.55. The predicted octanol–water partition coefficient (Wildman–Crippen LogP) is 3.62. The number of hydrogen-bond acceptors (Lipinski definition) is 4. The van der Waals surface area contributed by atoms with Crippen LogP contribution in [0.5, 0.6) is 0 Å². The number of rotatable bonds is 3. The average molecular weight is 319 g/mol. The van der Waals surface area contributed by atoms with Gasteiger partial charge in [0.15, 0.2) is 5.78 Å². The Kier molecular flexibility index (Phi) is 3.65. The molecule has 4 heteroatoms. The molecule has 0 N–H and O–H groups in total. The zero-order valence-corrected chi connectivity index (χ0v) is 13.2. The third kappa shape index (κ3) is 2.60. The van der Waals surface area contributed by atoms with Crippen LogP contribution in [0.15, 0.2) is 63.8 Å². The maximum Gasteiger partial charge on any atom is 0.347 e. The molecule has 1 saturated heterocycles. The number of benzene rings is 2. The zero-order chi connectivity index (χ0) is 16.5. The van der Waals surface area contributed by atoms with Gasteiger partial charge in [0.05, 0.1) is 0 Å². The van der Waals surface area contributed by atoms with Gasteiger partial charge in [-0.25, -0.2) is 4.79 Å². The molecule has 0 aliphatic carbocycles. The third-order valence-corrected chi connectivity index (χ3v) is 4.47. The molecule has 120 valence electrons. The summed E-state index contributed by atoms with van der Waals surface area (Å²) in [4.78, 5) is 27.1. The van der Waals surface area contributed by atoms with Gasteiger partial charge < -0.3 is 9.32 Å². The van der Waals surface area contributed by atoms with Gasteiger partial charge in [0.1, 0.15) is 11.1 Å². The molecule has 1 aliphatic heterocycles. The van der Waals surface area contributed by atoms with Gasteiger partial charge >= 0.3 is 5.63 Å². The molecule has 2 heterocycles. The first-order valence-corrected chi connectivity index (χ1v) is 8.15. The maximum atomic E-state index is 12.5. The summed E-state index contributed by atoms with van der Waals surface area (Å²) >= 11 is 0. The van der Waals surface area contributed by atoms with Crippen LogP contribution in [0.25, 0.3) is 11.0 Å². The highest BCUT2D eigenvalue weighted by molar-refractivity contribution is 6.09. The van der Waals surface area contributed by atoms with Crippen molar-refractivity contribution in [1.29, 1.82) is 0 Å². The highest BCUT2D eigenvalue weighted by Crippen LogP contribution is 2.25. The van der Waals surface area contributed by atoms with E-state index in [-0.39, 0.29) is 11.3 Å². The summed E-state index contributed by atoms with van der Waals surface area (Å²) < 4.78 is 5.43. The minimum Gasteiger partial charge on any atom is -0.422 e. The van der Waals surface area contributed by atoms with Gasteiger partial charge in [0.2, 0.25) is 0 Å². The van der Waals surface area contributed by atoms with Crippen LogP contribution in [0.3, 0.4) is 0 Å². The van der Waals surface area contributed by atoms with E-state index in [1.807, 2.05) is 24.3 Å². The van der Waals surface area contributed by atoms with Crippen molar-refractivity contribution in [2.75, 3.05) is 18.0 Å². The molecule has 24 heavy (non-hydrogen) atoms. The van der Waals surface area contributed by atoms with Gasteiger partial charge in [-0.1, -0.05) is 30.3 Å². The summed E-state index contributed by atoms with van der Waals surface area (Å²) in [5, 5.41) is 0.761. The second kappa shape index (κ2) is 5.96. The lowest BCUT2D eigenvalue weighted by Gasteiger charge is -2.17. The summed E-state index contributed by atoms with van der Waals surface area (Å²) in [5.74, 6) is -0.310. The number of fused-ring (bicyclic) bond motifs is 1. The second-order valence-corrected chi connectivity index (χ2v) is 6.06. The van der Waals surface area contributed by atoms with Crippen LogP contribution >= 0.6 is 0 Å². The maximum absolute atomic E-state index is 12.5. The molecule has 1 aromatic heterocycles. The van der Waals surface area contributed by atoms with Crippen LogP contribution in [-0.2, 0) is 0 Å². The van der Waals surface area contributed by atoms with E-state index >= 15 is 0 Å². The van der Waals surface area contributed by atoms with E-state index in [0.717, 1.165) is 24.2 Å². The smallest absolute Gasteiger partial charge is 0.347 e. The lowest BCUT2D eigenvalue weighted by atomic mass is 10.0. The number of ketones is 1. The fourth-order valence-corrected chi connectivity index (χ4v) is 3.18. The number of hydrogen-bond donors (Lipinski definition) is 0. The Labute approximate surface area is 139 Å². The predicted molar refractivity (Wildman–Crippen MR) is 93.8 cm³/mol. The standard InChI is InChI=1S/C20H17NO3/c22-19(14-6-2-1-3-7-14)17-12-15-8-9-16(21-10-4-5-11-21)13-18(15)24-20(17)23/h1-3,6-9,12-13H,4-5,10-11H2. The van der Waals surface area contributed by atoms with Gasteiger partial charge in [0.25, 0.3) is 0 Å². The molecule has 0 radical (unpaired) electrons. The van der Waals surface area contributed by atoms with Crippen molar-refractivity contribution in [2.45, 2.75) is 12.8 Å². The molecule has 1 aliphatic rings. The summed E-state index contributed by atoms with van der Waals surface area (Å²) in [6.45, 7) is 2.06. The normalized spacial score (nSPS) is 14.2. The van der Waals surface area contributed by atoms with Crippen LogP contribution in [0.2, 0.25) is 0 Å². The molecule has 1 fully saturated rings. The van der Waals surface area contributed by atoms with Gasteiger partial charge in [-0.05, 0) is 31.0 Å². The Bertz CT molecular complexity index is 954. The van der Waals surface area contributed by atoms with E-state index in [1.165, 1.54) is 12.8 Å². The van der Waals surface area contributed by atoms with E-state index in [0.29, 0.717) is 11.1 Å². The highest BCUT2D eigenvalue weighted by Gasteiger charge is 2.17. The first kappa shape index (κ1) is 14.7. The summed E-state index contributed by atoms with van der Waals surface area (Å²) in [6, 6.07) is 16.2. The number of carbonyl (C=O) groups excluding carboxylic acids is 1. The van der Waals surface area contributed by atoms with E-state index in [9.17, 15) is 9.59 Å². The molecule has 0 amide bonds. The number of anilines is 1. The lowest BCUT2D eigenvalue weighted by Crippen LogP contribution is -2.18. The molecule has 0 atom stereocenters. The molecular formula is C20H17NO3. The fraction of sp³-hybridized carbons (Fsp3) is 0.200. The van der Waals surface area contributed by atoms with Gasteiger partial charge in [0, 0.05) is 35.8 Å². The number of carbonyl (C=O) groups is 1. The van der Waals surface area contributed by atoms with Crippen molar-refractivity contribution in [3.8, 4) is 0 Å². The quantitative estimate of drug-likeness (QED) is 0.546. The fourth-order valence-electron chi connectivity index (χ4n) is 3.18. The van der Waals surface area contributed by atoms with Crippen LogP contribution in [0.4, 0.5) is 5.69 Å². The highest BCUT2D eigenvalue weighted by atomic mass is 16.4. The van der Waals surface area contributed by atoms with Crippen LogP contribution in [0.1, 0.15) is 28.8 Å². The lowest BCUT2D eigenvalue weighted by molar-refractivity contribution is 0.103. The molecular weight excluding hydrogens is 302 g/mol. The van der Waals surface area contributed by atoms with Crippen molar-refractivity contribution < 1.29 is 9.21 Å². The Morgan fingerprint density at radius 2 is 1.71 bits per heavy atom. The van der Waals surface area contributed by atoms with Gasteiger partial charge in [-0.15, -0.1) is 0 Å². The number of nitrogens with zero attached hydrogens (tertiary/aromatic N) is 1. The van der Waals surface area contributed by atoms with E-state index in [2.05, 4.69) is 4.90 Å². The minimum atomic E-state index is -0.588. The van der Waals surface area contributed by atoms with Crippen molar-refractivity contribution in [3.05, 3.63) is 76.1 Å². The summed E-state index contributed by atoms with van der Waals surface area (Å²) in [6.07, 6.45) is 2.37. The molecule has 0 unspecified atom stereocenters. The first-order chi connectivity index (χ1) is 11.7.